The van der Waals surface area contributed by atoms with Gasteiger partial charge in [-0.3, -0.25) is 9.59 Å². The first-order valence-corrected chi connectivity index (χ1v) is 11.5. The maximum absolute atomic E-state index is 12.9. The zero-order valence-corrected chi connectivity index (χ0v) is 19.0. The zero-order valence-electron chi connectivity index (χ0n) is 19.0. The molecule has 1 saturated heterocycles. The summed E-state index contributed by atoms with van der Waals surface area (Å²) in [7, 11) is 0. The van der Waals surface area contributed by atoms with Crippen molar-refractivity contribution < 1.29 is 9.59 Å². The number of benzene rings is 2. The van der Waals surface area contributed by atoms with E-state index in [2.05, 4.69) is 45.9 Å². The quantitative estimate of drug-likeness (QED) is 0.629. The van der Waals surface area contributed by atoms with E-state index in [0.717, 1.165) is 44.5 Å². The second-order valence-corrected chi connectivity index (χ2v) is 8.78. The highest BCUT2D eigenvalue weighted by atomic mass is 16.2. The number of piperidine rings is 1. The van der Waals surface area contributed by atoms with Crippen LogP contribution in [0.1, 0.15) is 62.4 Å². The van der Waals surface area contributed by atoms with Crippen LogP contribution in [0.2, 0.25) is 0 Å². The Bertz CT molecular complexity index is 871. The van der Waals surface area contributed by atoms with E-state index in [1.165, 1.54) is 5.56 Å². The average molecular weight is 422 g/mol. The monoisotopic (exact) mass is 421 g/mol. The van der Waals surface area contributed by atoms with Gasteiger partial charge in [-0.2, -0.15) is 0 Å². The smallest absolute Gasteiger partial charge is 0.253 e. The molecular weight excluding hydrogens is 386 g/mol. The van der Waals surface area contributed by atoms with Gasteiger partial charge < -0.3 is 15.5 Å². The lowest BCUT2D eigenvalue weighted by Crippen LogP contribution is -2.37. The molecule has 1 heterocycles. The maximum atomic E-state index is 12.9. The predicted molar refractivity (Wildman–Crippen MR) is 128 cm³/mol. The normalized spacial score (nSPS) is 14.5. The van der Waals surface area contributed by atoms with Crippen molar-refractivity contribution in [1.82, 2.24) is 5.32 Å². The van der Waals surface area contributed by atoms with Crippen molar-refractivity contribution in [1.29, 1.82) is 0 Å². The van der Waals surface area contributed by atoms with Crippen molar-refractivity contribution >= 4 is 23.2 Å². The van der Waals surface area contributed by atoms with Gasteiger partial charge in [-0.15, -0.1) is 0 Å². The second-order valence-electron chi connectivity index (χ2n) is 8.78. The molecule has 1 aliphatic heterocycles. The van der Waals surface area contributed by atoms with Crippen LogP contribution in [0.15, 0.2) is 48.5 Å². The van der Waals surface area contributed by atoms with E-state index >= 15 is 0 Å². The van der Waals surface area contributed by atoms with E-state index in [9.17, 15) is 9.59 Å². The minimum atomic E-state index is -0.0944. The SMILES string of the molecule is CCCC(=O)Nc1ccc(N2CCC(Cc3ccccc3)CC2)c(C(=O)NC(C)C)c1. The first kappa shape index (κ1) is 22.9. The Morgan fingerprint density at radius 1 is 1.06 bits per heavy atom. The number of nitrogens with zero attached hydrogens (tertiary/aromatic N) is 1. The van der Waals surface area contributed by atoms with Gasteiger partial charge in [0.05, 0.1) is 5.56 Å². The van der Waals surface area contributed by atoms with E-state index < -0.39 is 0 Å². The molecule has 0 bridgehead atoms. The third-order valence-electron chi connectivity index (χ3n) is 5.74. The van der Waals surface area contributed by atoms with Gasteiger partial charge in [-0.1, -0.05) is 37.3 Å². The molecule has 1 aliphatic rings. The molecule has 0 aliphatic carbocycles. The van der Waals surface area contributed by atoms with Gasteiger partial charge in [0.1, 0.15) is 0 Å². The predicted octanol–water partition coefficient (Wildman–Crippen LogP) is 5.02. The fraction of sp³-hybridized carbons (Fsp3) is 0.462. The molecule has 2 N–H and O–H groups in total. The summed E-state index contributed by atoms with van der Waals surface area (Å²) in [4.78, 5) is 27.3. The standard InChI is InChI=1S/C26H35N3O2/c1-4-8-25(30)28-22-11-12-24(23(18-22)26(31)27-19(2)3)29-15-13-21(14-16-29)17-20-9-6-5-7-10-20/h5-7,9-12,18-19,21H,4,8,13-17H2,1-3H3,(H,27,31)(H,28,30). The van der Waals surface area contributed by atoms with Crippen molar-refractivity contribution in [3.05, 3.63) is 59.7 Å². The highest BCUT2D eigenvalue weighted by Crippen LogP contribution is 2.30. The third-order valence-corrected chi connectivity index (χ3v) is 5.74. The second kappa shape index (κ2) is 11.0. The molecule has 1 fully saturated rings. The van der Waals surface area contributed by atoms with Crippen molar-refractivity contribution in [2.45, 2.75) is 58.9 Å². The molecule has 3 rings (SSSR count). The van der Waals surface area contributed by atoms with Gasteiger partial charge in [0.15, 0.2) is 0 Å². The van der Waals surface area contributed by atoms with Crippen LogP contribution in [-0.4, -0.2) is 30.9 Å². The van der Waals surface area contributed by atoms with Gasteiger partial charge >= 0.3 is 0 Å². The lowest BCUT2D eigenvalue weighted by atomic mass is 9.89. The van der Waals surface area contributed by atoms with Crippen LogP contribution >= 0.6 is 0 Å². The molecule has 166 valence electrons. The molecule has 0 saturated carbocycles. The Hall–Kier alpha value is -2.82. The molecule has 2 amide bonds. The number of rotatable bonds is 8. The van der Waals surface area contributed by atoms with Gasteiger partial charge in [-0.25, -0.2) is 0 Å². The molecule has 0 radical (unpaired) electrons. The topological polar surface area (TPSA) is 61.4 Å². The molecule has 2 aromatic rings. The molecule has 0 atom stereocenters. The Labute approximate surface area is 186 Å². The molecule has 0 spiro atoms. The molecule has 0 unspecified atom stereocenters. The maximum Gasteiger partial charge on any atom is 0.253 e. The van der Waals surface area contributed by atoms with E-state index in [1.807, 2.05) is 39.0 Å². The van der Waals surface area contributed by atoms with Gasteiger partial charge in [0.2, 0.25) is 5.91 Å². The minimum absolute atomic E-state index is 0.0211. The van der Waals surface area contributed by atoms with E-state index in [1.54, 1.807) is 0 Å². The molecule has 0 aromatic heterocycles. The molecule has 5 heteroatoms. The lowest BCUT2D eigenvalue weighted by Gasteiger charge is -2.35. The van der Waals surface area contributed by atoms with Gasteiger partial charge in [0.25, 0.3) is 5.91 Å². The fourth-order valence-electron chi connectivity index (χ4n) is 4.19. The molecule has 2 aromatic carbocycles. The largest absolute Gasteiger partial charge is 0.371 e. The summed E-state index contributed by atoms with van der Waals surface area (Å²) in [6.07, 6.45) is 4.59. The third kappa shape index (κ3) is 6.58. The Kier molecular flexibility index (Phi) is 8.10. The molecule has 5 nitrogen and oxygen atoms in total. The Morgan fingerprint density at radius 2 is 1.77 bits per heavy atom. The van der Waals surface area contributed by atoms with Crippen molar-refractivity contribution in [2.24, 2.45) is 5.92 Å². The van der Waals surface area contributed by atoms with Crippen LogP contribution < -0.4 is 15.5 Å². The fourth-order valence-corrected chi connectivity index (χ4v) is 4.19. The number of nitrogens with one attached hydrogen (secondary N) is 2. The number of amides is 2. The summed E-state index contributed by atoms with van der Waals surface area (Å²) < 4.78 is 0. The highest BCUT2D eigenvalue weighted by molar-refractivity contribution is 6.02. The van der Waals surface area contributed by atoms with Gasteiger partial charge in [-0.05, 0) is 69.2 Å². The van der Waals surface area contributed by atoms with Crippen LogP contribution in [-0.2, 0) is 11.2 Å². The summed E-state index contributed by atoms with van der Waals surface area (Å²) in [5.41, 5.74) is 3.65. The molecular formula is C26H35N3O2. The highest BCUT2D eigenvalue weighted by Gasteiger charge is 2.24. The number of carbonyl (C=O) groups excluding carboxylic acids is 2. The Morgan fingerprint density at radius 3 is 2.42 bits per heavy atom. The minimum Gasteiger partial charge on any atom is -0.371 e. The summed E-state index contributed by atoms with van der Waals surface area (Å²) in [5, 5.41) is 5.93. The zero-order chi connectivity index (χ0) is 22.2. The van der Waals surface area contributed by atoms with E-state index in [4.69, 9.17) is 0 Å². The molecule has 31 heavy (non-hydrogen) atoms. The van der Waals surface area contributed by atoms with Crippen LogP contribution in [0.25, 0.3) is 0 Å². The van der Waals surface area contributed by atoms with E-state index in [0.29, 0.717) is 23.6 Å². The van der Waals surface area contributed by atoms with Crippen LogP contribution in [0.4, 0.5) is 11.4 Å². The summed E-state index contributed by atoms with van der Waals surface area (Å²) in [6, 6.07) is 16.4. The Balaban J connectivity index is 1.73. The summed E-state index contributed by atoms with van der Waals surface area (Å²) >= 11 is 0. The van der Waals surface area contributed by atoms with Gasteiger partial charge in [0, 0.05) is 36.9 Å². The van der Waals surface area contributed by atoms with Crippen LogP contribution in [0, 0.1) is 5.92 Å². The summed E-state index contributed by atoms with van der Waals surface area (Å²) in [5.74, 6) is 0.550. The van der Waals surface area contributed by atoms with Crippen LogP contribution in [0.3, 0.4) is 0 Å². The van der Waals surface area contributed by atoms with E-state index in [-0.39, 0.29) is 17.9 Å². The number of hydrogen-bond donors (Lipinski definition) is 2. The first-order valence-electron chi connectivity index (χ1n) is 11.5. The number of carbonyl (C=O) groups is 2. The average Bonchev–Trinajstić information content (AvgIpc) is 2.75. The van der Waals surface area contributed by atoms with Crippen molar-refractivity contribution in [3.63, 3.8) is 0 Å². The first-order chi connectivity index (χ1) is 15.0. The number of anilines is 2. The van der Waals surface area contributed by atoms with Crippen molar-refractivity contribution in [2.75, 3.05) is 23.3 Å². The van der Waals surface area contributed by atoms with Crippen LogP contribution in [0.5, 0.6) is 0 Å². The number of hydrogen-bond acceptors (Lipinski definition) is 3. The summed E-state index contributed by atoms with van der Waals surface area (Å²) in [6.45, 7) is 7.76. The lowest BCUT2D eigenvalue weighted by molar-refractivity contribution is -0.116. The van der Waals surface area contributed by atoms with Crippen molar-refractivity contribution in [3.8, 4) is 0 Å².